The number of benzene rings is 1. The van der Waals surface area contributed by atoms with Gasteiger partial charge >= 0.3 is 6.98 Å². The van der Waals surface area contributed by atoms with Gasteiger partial charge in [0.2, 0.25) is 5.75 Å². The molecule has 1 rings (SSSR count). The molecule has 0 radical (unpaired) electrons. The smallest absolute Gasteiger partial charge is 0.482 e. The predicted molar refractivity (Wildman–Crippen MR) is 58.9 cm³/mol. The highest BCUT2D eigenvalue weighted by molar-refractivity contribution is 6.57. The molecule has 0 aromatic heterocycles. The minimum atomic E-state index is -4.89. The maximum atomic E-state index is 12.3. The van der Waals surface area contributed by atoms with E-state index in [9.17, 15) is 12.9 Å². The third-order valence-corrected chi connectivity index (χ3v) is 2.19. The lowest BCUT2D eigenvalue weighted by Gasteiger charge is -2.17. The average Bonchev–Trinajstić information content (AvgIpc) is 2.25. The zero-order valence-corrected chi connectivity index (χ0v) is 9.80. The van der Waals surface area contributed by atoms with Gasteiger partial charge in [-0.3, -0.25) is 0 Å². The summed E-state index contributed by atoms with van der Waals surface area (Å²) in [6.45, 7) is -4.89. The molecule has 0 amide bonds. The molecule has 17 heavy (non-hydrogen) atoms. The van der Waals surface area contributed by atoms with Gasteiger partial charge in [-0.25, -0.2) is 0 Å². The van der Waals surface area contributed by atoms with Crippen LogP contribution in [-0.4, -0.2) is 28.3 Å². The van der Waals surface area contributed by atoms with Crippen LogP contribution in [0.1, 0.15) is 5.56 Å². The lowest BCUT2D eigenvalue weighted by atomic mass is 9.82. The topological polar surface area (TPSA) is 27.7 Å². The Balaban J connectivity index is 3.18. The summed E-state index contributed by atoms with van der Waals surface area (Å²) < 4.78 is 52.0. The van der Waals surface area contributed by atoms with Crippen molar-refractivity contribution in [3.05, 3.63) is 17.7 Å². The van der Waals surface area contributed by atoms with Crippen LogP contribution >= 0.6 is 0 Å². The van der Waals surface area contributed by atoms with E-state index in [2.05, 4.69) is 0 Å². The van der Waals surface area contributed by atoms with Gasteiger partial charge in [0.25, 0.3) is 0 Å². The number of rotatable bonds is 5. The lowest BCUT2D eigenvalue weighted by Crippen LogP contribution is -2.19. The summed E-state index contributed by atoms with van der Waals surface area (Å²) in [6.07, 6.45) is -0.975. The summed E-state index contributed by atoms with van der Waals surface area (Å²) in [7, 11) is 4.12. The van der Waals surface area contributed by atoms with Gasteiger partial charge in [-0.2, -0.15) is 0 Å². The number of methoxy groups -OCH3 is 3. The molecule has 1 aromatic carbocycles. The third-order valence-electron chi connectivity index (χ3n) is 2.19. The highest BCUT2D eigenvalue weighted by Crippen LogP contribution is 2.39. The fraction of sp³-hybridized carbons (Fsp3) is 0.400. The third kappa shape index (κ3) is 3.47. The highest BCUT2D eigenvalue weighted by Gasteiger charge is 2.25. The van der Waals surface area contributed by atoms with E-state index in [1.54, 1.807) is 0 Å². The molecule has 0 saturated heterocycles. The molecule has 96 valence electrons. The van der Waals surface area contributed by atoms with Crippen molar-refractivity contribution in [1.29, 1.82) is 0 Å². The molecule has 0 unspecified atom stereocenters. The van der Waals surface area contributed by atoms with Crippen LogP contribution in [0.4, 0.5) is 12.9 Å². The van der Waals surface area contributed by atoms with Gasteiger partial charge in [0.15, 0.2) is 11.5 Å². The van der Waals surface area contributed by atoms with E-state index >= 15 is 0 Å². The van der Waals surface area contributed by atoms with Crippen molar-refractivity contribution >= 4 is 6.98 Å². The van der Waals surface area contributed by atoms with Crippen LogP contribution in [-0.2, 0) is 6.32 Å². The highest BCUT2D eigenvalue weighted by atomic mass is 19.4. The fourth-order valence-electron chi connectivity index (χ4n) is 1.52. The van der Waals surface area contributed by atoms with Gasteiger partial charge in [0.1, 0.15) is 0 Å². The molecule has 0 saturated carbocycles. The summed E-state index contributed by atoms with van der Waals surface area (Å²) in [4.78, 5) is 0. The first-order valence-corrected chi connectivity index (χ1v) is 4.91. The predicted octanol–water partition coefficient (Wildman–Crippen LogP) is 2.64. The number of halogens is 3. The lowest BCUT2D eigenvalue weighted by molar-refractivity contribution is 0.324. The van der Waals surface area contributed by atoms with Crippen molar-refractivity contribution in [2.45, 2.75) is 6.32 Å². The van der Waals surface area contributed by atoms with Gasteiger partial charge < -0.3 is 27.2 Å². The largest absolute Gasteiger partial charge is 0.493 e. The Morgan fingerprint density at radius 2 is 1.41 bits per heavy atom. The molecule has 0 aliphatic rings. The summed E-state index contributed by atoms with van der Waals surface area (Å²) in [6, 6.07) is 2.60. The molecule has 0 fully saturated rings. The minimum Gasteiger partial charge on any atom is -0.493 e. The van der Waals surface area contributed by atoms with Crippen LogP contribution in [0.3, 0.4) is 0 Å². The summed E-state index contributed by atoms with van der Waals surface area (Å²) >= 11 is 0. The van der Waals surface area contributed by atoms with E-state index in [0.717, 1.165) is 0 Å². The molecule has 0 heterocycles. The Morgan fingerprint density at radius 1 is 0.941 bits per heavy atom. The zero-order valence-electron chi connectivity index (χ0n) is 9.80. The first-order valence-electron chi connectivity index (χ1n) is 4.91. The first kappa shape index (κ1) is 13.5. The Kier molecular flexibility index (Phi) is 4.14. The second-order valence-corrected chi connectivity index (χ2v) is 3.45. The molecule has 0 spiro atoms. The van der Waals surface area contributed by atoms with E-state index in [0.29, 0.717) is 0 Å². The van der Waals surface area contributed by atoms with Crippen LogP contribution in [0.25, 0.3) is 0 Å². The minimum absolute atomic E-state index is 0.0898. The van der Waals surface area contributed by atoms with E-state index in [1.165, 1.54) is 33.5 Å². The summed E-state index contributed by atoms with van der Waals surface area (Å²) in [5.41, 5.74) is 0.0898. The van der Waals surface area contributed by atoms with Crippen LogP contribution in [0.15, 0.2) is 12.1 Å². The van der Waals surface area contributed by atoms with Crippen molar-refractivity contribution in [1.82, 2.24) is 0 Å². The van der Waals surface area contributed by atoms with E-state index in [1.807, 2.05) is 0 Å². The van der Waals surface area contributed by atoms with Gasteiger partial charge in [-0.1, -0.05) is 11.9 Å². The van der Waals surface area contributed by atoms with Crippen molar-refractivity contribution in [3.8, 4) is 17.2 Å². The monoisotopic (exact) mass is 249 g/mol. The first-order chi connectivity index (χ1) is 7.91. The summed E-state index contributed by atoms with van der Waals surface area (Å²) in [5, 5.41) is 0. The molecule has 0 atom stereocenters. The Morgan fingerprint density at radius 3 is 1.71 bits per heavy atom. The molecule has 3 nitrogen and oxygen atoms in total. The fourth-order valence-corrected chi connectivity index (χ4v) is 1.52. The van der Waals surface area contributed by atoms with Crippen molar-refractivity contribution in [2.75, 3.05) is 21.3 Å². The molecule has 7 heteroatoms. The van der Waals surface area contributed by atoms with Crippen LogP contribution < -0.4 is 14.2 Å². The normalized spacial score (nSPS) is 11.2. The number of ether oxygens (including phenoxy) is 3. The molecular formula is C10H13BF3O3-. The molecule has 0 aliphatic heterocycles. The Bertz CT molecular complexity index is 368. The zero-order chi connectivity index (χ0) is 13.1. The quantitative estimate of drug-likeness (QED) is 0.750. The van der Waals surface area contributed by atoms with Gasteiger partial charge in [0.05, 0.1) is 21.3 Å². The second-order valence-electron chi connectivity index (χ2n) is 3.45. The maximum Gasteiger partial charge on any atom is 0.482 e. The van der Waals surface area contributed by atoms with E-state index < -0.39 is 13.3 Å². The maximum absolute atomic E-state index is 12.3. The molecule has 0 N–H and O–H groups in total. The van der Waals surface area contributed by atoms with Crippen molar-refractivity contribution in [3.63, 3.8) is 0 Å². The van der Waals surface area contributed by atoms with Gasteiger partial charge in [0, 0.05) is 0 Å². The number of hydrogen-bond donors (Lipinski definition) is 0. The molecule has 1 aromatic rings. The summed E-state index contributed by atoms with van der Waals surface area (Å²) in [5.74, 6) is 0.734. The van der Waals surface area contributed by atoms with Gasteiger partial charge in [-0.15, -0.1) is 0 Å². The van der Waals surface area contributed by atoms with Crippen molar-refractivity contribution < 1.29 is 27.2 Å². The molecule has 0 aliphatic carbocycles. The standard InChI is InChI=1S/C10H13BF3O3/c1-15-8-4-7(6-11(12,13)14)5-9(16-2)10(8)17-3/h4-5H,6H2,1-3H3/q-1. The van der Waals surface area contributed by atoms with Crippen LogP contribution in [0, 0.1) is 0 Å². The van der Waals surface area contributed by atoms with Gasteiger partial charge in [-0.05, 0) is 12.1 Å². The Hall–Kier alpha value is -1.53. The second kappa shape index (κ2) is 5.20. The molecular weight excluding hydrogens is 236 g/mol. The number of hydrogen-bond acceptors (Lipinski definition) is 3. The van der Waals surface area contributed by atoms with Crippen molar-refractivity contribution in [2.24, 2.45) is 0 Å². The Labute approximate surface area is 97.5 Å². The van der Waals surface area contributed by atoms with Crippen LogP contribution in [0.2, 0.25) is 0 Å². The van der Waals surface area contributed by atoms with E-state index in [4.69, 9.17) is 14.2 Å². The van der Waals surface area contributed by atoms with Crippen LogP contribution in [0.5, 0.6) is 17.2 Å². The molecule has 0 bridgehead atoms. The SMILES string of the molecule is COc1cc(C[B-](F)(F)F)cc(OC)c1OC. The average molecular weight is 249 g/mol. The van der Waals surface area contributed by atoms with E-state index in [-0.39, 0.29) is 22.8 Å².